The number of nitrogens with one attached hydrogen (secondary N) is 2. The van der Waals surface area contributed by atoms with E-state index in [4.69, 9.17) is 0 Å². The lowest BCUT2D eigenvalue weighted by atomic mass is 9.93. The van der Waals surface area contributed by atoms with Crippen molar-refractivity contribution in [2.45, 2.75) is 45.6 Å². The van der Waals surface area contributed by atoms with Gasteiger partial charge in [-0.15, -0.1) is 0 Å². The van der Waals surface area contributed by atoms with Crippen molar-refractivity contribution in [1.29, 1.82) is 0 Å². The molecule has 1 atom stereocenters. The molecule has 0 aliphatic rings. The molecule has 5 heteroatoms. The van der Waals surface area contributed by atoms with Crippen molar-refractivity contribution in [3.05, 3.63) is 113 Å². The molecule has 0 heterocycles. The molecule has 0 saturated carbocycles. The first-order valence-corrected chi connectivity index (χ1v) is 12.4. The number of anilines is 1. The number of carbonyl (C=O) groups is 2. The van der Waals surface area contributed by atoms with Crippen molar-refractivity contribution in [2.24, 2.45) is 0 Å². The van der Waals surface area contributed by atoms with Gasteiger partial charge < -0.3 is 10.6 Å². The number of rotatable bonds is 9. The van der Waals surface area contributed by atoms with Crippen molar-refractivity contribution in [1.82, 2.24) is 5.32 Å². The molecule has 0 fully saturated rings. The summed E-state index contributed by atoms with van der Waals surface area (Å²) in [4.78, 5) is 25.8. The van der Waals surface area contributed by atoms with E-state index in [0.717, 1.165) is 47.0 Å². The molecule has 0 aliphatic heterocycles. The standard InChI is InChI=1S/C31H31FN2O2/c1-3-4-10-23-16-15-22(20-33-31(36)24-11-6-5-7-12-24)19-29(23)34-30(35)21(2)25-17-18-28(32)27-14-9-8-13-26(25)27/h5-9,11-19,21H,3-4,10,20H2,1-2H3,(H,33,36)(H,34,35). The zero-order chi connectivity index (χ0) is 25.5. The minimum absolute atomic E-state index is 0.145. The monoisotopic (exact) mass is 482 g/mol. The SMILES string of the molecule is CCCCc1ccc(CNC(=O)c2ccccc2)cc1NC(=O)C(C)c1ccc(F)c2ccccc12. The summed E-state index contributed by atoms with van der Waals surface area (Å²) in [5, 5.41) is 7.30. The Kier molecular flexibility index (Phi) is 8.11. The van der Waals surface area contributed by atoms with E-state index in [2.05, 4.69) is 17.6 Å². The second kappa shape index (κ2) is 11.6. The lowest BCUT2D eigenvalue weighted by Gasteiger charge is -2.18. The molecule has 4 rings (SSSR count). The largest absolute Gasteiger partial charge is 0.348 e. The van der Waals surface area contributed by atoms with Crippen LogP contribution >= 0.6 is 0 Å². The fraction of sp³-hybridized carbons (Fsp3) is 0.226. The Bertz CT molecular complexity index is 1370. The van der Waals surface area contributed by atoms with Gasteiger partial charge in [0, 0.05) is 23.2 Å². The molecule has 4 aromatic carbocycles. The Hall–Kier alpha value is -3.99. The Labute approximate surface area is 211 Å². The highest BCUT2D eigenvalue weighted by atomic mass is 19.1. The minimum Gasteiger partial charge on any atom is -0.348 e. The van der Waals surface area contributed by atoms with Crippen LogP contribution in [-0.4, -0.2) is 11.8 Å². The van der Waals surface area contributed by atoms with E-state index in [1.165, 1.54) is 6.07 Å². The van der Waals surface area contributed by atoms with Gasteiger partial charge in [-0.2, -0.15) is 0 Å². The van der Waals surface area contributed by atoms with Gasteiger partial charge >= 0.3 is 0 Å². The van der Waals surface area contributed by atoms with Crippen LogP contribution in [0.3, 0.4) is 0 Å². The van der Waals surface area contributed by atoms with Crippen molar-refractivity contribution < 1.29 is 14.0 Å². The van der Waals surface area contributed by atoms with Crippen molar-refractivity contribution in [3.63, 3.8) is 0 Å². The van der Waals surface area contributed by atoms with E-state index in [-0.39, 0.29) is 17.6 Å². The first kappa shape index (κ1) is 25.1. The molecule has 0 aliphatic carbocycles. The number of hydrogen-bond donors (Lipinski definition) is 2. The molecule has 2 amide bonds. The number of aryl methyl sites for hydroxylation is 1. The summed E-state index contributed by atoms with van der Waals surface area (Å²) < 4.78 is 14.3. The number of benzene rings is 4. The van der Waals surface area contributed by atoms with Crippen LogP contribution < -0.4 is 10.6 Å². The van der Waals surface area contributed by atoms with E-state index in [1.807, 2.05) is 55.5 Å². The van der Waals surface area contributed by atoms with Gasteiger partial charge in [0.25, 0.3) is 5.91 Å². The Balaban J connectivity index is 1.54. The van der Waals surface area contributed by atoms with E-state index < -0.39 is 5.92 Å². The molecule has 4 aromatic rings. The van der Waals surface area contributed by atoms with Gasteiger partial charge in [-0.25, -0.2) is 4.39 Å². The second-order valence-corrected chi connectivity index (χ2v) is 9.04. The fourth-order valence-corrected chi connectivity index (χ4v) is 4.35. The molecule has 0 saturated heterocycles. The smallest absolute Gasteiger partial charge is 0.251 e. The van der Waals surface area contributed by atoms with Crippen LogP contribution in [0.15, 0.2) is 84.9 Å². The van der Waals surface area contributed by atoms with Crippen LogP contribution in [0, 0.1) is 5.82 Å². The molecule has 184 valence electrons. The summed E-state index contributed by atoms with van der Waals surface area (Å²) in [6.07, 6.45) is 2.89. The number of hydrogen-bond acceptors (Lipinski definition) is 2. The lowest BCUT2D eigenvalue weighted by Crippen LogP contribution is -2.23. The fourth-order valence-electron chi connectivity index (χ4n) is 4.35. The van der Waals surface area contributed by atoms with Gasteiger partial charge in [-0.05, 0) is 66.1 Å². The van der Waals surface area contributed by atoms with Gasteiger partial charge in [-0.1, -0.05) is 74.0 Å². The van der Waals surface area contributed by atoms with Gasteiger partial charge in [0.2, 0.25) is 5.91 Å². The van der Waals surface area contributed by atoms with Crippen LogP contribution in [-0.2, 0) is 17.8 Å². The quantitative estimate of drug-likeness (QED) is 0.270. The molecular weight excluding hydrogens is 451 g/mol. The summed E-state index contributed by atoms with van der Waals surface area (Å²) in [6, 6.07) is 25.4. The molecule has 0 aromatic heterocycles. The molecule has 36 heavy (non-hydrogen) atoms. The summed E-state index contributed by atoms with van der Waals surface area (Å²) in [5.74, 6) is -1.08. The summed E-state index contributed by atoms with van der Waals surface area (Å²) in [7, 11) is 0. The Morgan fingerprint density at radius 3 is 2.36 bits per heavy atom. The maximum atomic E-state index is 14.3. The van der Waals surface area contributed by atoms with Gasteiger partial charge in [0.15, 0.2) is 0 Å². The number of carbonyl (C=O) groups excluding carboxylic acids is 2. The maximum Gasteiger partial charge on any atom is 0.251 e. The summed E-state index contributed by atoms with van der Waals surface area (Å²) in [6.45, 7) is 4.32. The van der Waals surface area contributed by atoms with Crippen LogP contribution in [0.4, 0.5) is 10.1 Å². The Morgan fingerprint density at radius 2 is 1.61 bits per heavy atom. The minimum atomic E-state index is -0.476. The van der Waals surface area contributed by atoms with E-state index in [1.54, 1.807) is 30.3 Å². The summed E-state index contributed by atoms with van der Waals surface area (Å²) >= 11 is 0. The topological polar surface area (TPSA) is 58.2 Å². The number of amides is 2. The Morgan fingerprint density at radius 1 is 0.889 bits per heavy atom. The summed E-state index contributed by atoms with van der Waals surface area (Å²) in [5.41, 5.74) is 4.09. The van der Waals surface area contributed by atoms with Gasteiger partial charge in [-0.3, -0.25) is 9.59 Å². The van der Waals surface area contributed by atoms with Crippen molar-refractivity contribution >= 4 is 28.3 Å². The molecule has 2 N–H and O–H groups in total. The average molecular weight is 483 g/mol. The number of fused-ring (bicyclic) bond motifs is 1. The normalized spacial score (nSPS) is 11.8. The highest BCUT2D eigenvalue weighted by Gasteiger charge is 2.20. The molecular formula is C31H31FN2O2. The average Bonchev–Trinajstić information content (AvgIpc) is 2.91. The zero-order valence-electron chi connectivity index (χ0n) is 20.7. The highest BCUT2D eigenvalue weighted by molar-refractivity contribution is 6.00. The van der Waals surface area contributed by atoms with Crippen LogP contribution in [0.2, 0.25) is 0 Å². The van der Waals surface area contributed by atoms with Crippen molar-refractivity contribution in [3.8, 4) is 0 Å². The van der Waals surface area contributed by atoms with E-state index in [0.29, 0.717) is 17.5 Å². The third kappa shape index (κ3) is 5.80. The highest BCUT2D eigenvalue weighted by Crippen LogP contribution is 2.29. The van der Waals surface area contributed by atoms with Crippen molar-refractivity contribution in [2.75, 3.05) is 5.32 Å². The number of halogens is 1. The first-order valence-electron chi connectivity index (χ1n) is 12.4. The molecule has 0 bridgehead atoms. The van der Waals surface area contributed by atoms with Crippen LogP contribution in [0.1, 0.15) is 59.7 Å². The number of unbranched alkanes of at least 4 members (excludes halogenated alkanes) is 1. The molecule has 0 spiro atoms. The second-order valence-electron chi connectivity index (χ2n) is 9.04. The maximum absolute atomic E-state index is 14.3. The van der Waals surface area contributed by atoms with Crippen LogP contribution in [0.5, 0.6) is 0 Å². The predicted octanol–water partition coefficient (Wildman–Crippen LogP) is 6.99. The lowest BCUT2D eigenvalue weighted by molar-refractivity contribution is -0.117. The molecule has 0 radical (unpaired) electrons. The zero-order valence-corrected chi connectivity index (χ0v) is 20.7. The van der Waals surface area contributed by atoms with Gasteiger partial charge in [0.1, 0.15) is 5.82 Å². The van der Waals surface area contributed by atoms with E-state index >= 15 is 0 Å². The molecule has 1 unspecified atom stereocenters. The first-order chi connectivity index (χ1) is 17.5. The van der Waals surface area contributed by atoms with E-state index in [9.17, 15) is 14.0 Å². The molecule has 4 nitrogen and oxygen atoms in total. The third-order valence-electron chi connectivity index (χ3n) is 6.49. The van der Waals surface area contributed by atoms with Gasteiger partial charge in [0.05, 0.1) is 5.92 Å². The third-order valence-corrected chi connectivity index (χ3v) is 6.49. The van der Waals surface area contributed by atoms with Crippen LogP contribution in [0.25, 0.3) is 10.8 Å². The predicted molar refractivity (Wildman–Crippen MR) is 144 cm³/mol.